The van der Waals surface area contributed by atoms with E-state index in [0.29, 0.717) is 22.7 Å². The van der Waals surface area contributed by atoms with Gasteiger partial charge in [0, 0.05) is 23.8 Å². The summed E-state index contributed by atoms with van der Waals surface area (Å²) >= 11 is 0. The first kappa shape index (κ1) is 21.0. The minimum atomic E-state index is -0.625. The molecule has 152 valence electrons. The van der Waals surface area contributed by atoms with Crippen molar-refractivity contribution < 1.29 is 23.5 Å². The number of amides is 2. The number of nitrogens with zero attached hydrogens (tertiary/aromatic N) is 2. The number of furan rings is 1. The van der Waals surface area contributed by atoms with E-state index in [4.69, 9.17) is 9.15 Å². The molecule has 2 heterocycles. The molecule has 0 saturated carbocycles. The molecule has 0 fully saturated rings. The van der Waals surface area contributed by atoms with E-state index in [9.17, 15) is 19.6 Å². The minimum Gasteiger partial charge on any atom is -0.457 e. The second kappa shape index (κ2) is 8.72. The van der Waals surface area contributed by atoms with Gasteiger partial charge in [-0.15, -0.1) is 0 Å². The minimum absolute atomic E-state index is 0.0228. The van der Waals surface area contributed by atoms with Gasteiger partial charge in [0.25, 0.3) is 11.8 Å². The third-order valence-electron chi connectivity index (χ3n) is 4.83. The van der Waals surface area contributed by atoms with Crippen molar-refractivity contribution in [2.75, 3.05) is 20.3 Å². The standard InChI is InChI=1S/C23H20N2O5/c1-14-19(22(27)25(10-11-29-3)23(28)20(14)13-24)12-18-8-9-21(30-18)17-6-4-16(5-7-17)15(2)26/h4-9,12H,10-11H2,1-3H3/b19-12-. The lowest BCUT2D eigenvalue weighted by Crippen LogP contribution is -2.44. The monoisotopic (exact) mass is 404 g/mol. The maximum atomic E-state index is 12.9. The number of carbonyl (C=O) groups is 3. The van der Waals surface area contributed by atoms with Gasteiger partial charge in [-0.3, -0.25) is 19.3 Å². The zero-order valence-corrected chi connectivity index (χ0v) is 16.9. The van der Waals surface area contributed by atoms with Crippen LogP contribution < -0.4 is 0 Å². The fourth-order valence-corrected chi connectivity index (χ4v) is 3.11. The van der Waals surface area contributed by atoms with Gasteiger partial charge in [0.05, 0.1) is 13.2 Å². The quantitative estimate of drug-likeness (QED) is 0.416. The first-order valence-electron chi connectivity index (χ1n) is 9.26. The van der Waals surface area contributed by atoms with Crippen LogP contribution in [0.4, 0.5) is 0 Å². The Balaban J connectivity index is 1.96. The first-order valence-corrected chi connectivity index (χ1v) is 9.26. The number of hydrogen-bond donors (Lipinski definition) is 0. The van der Waals surface area contributed by atoms with Crippen molar-refractivity contribution in [3.05, 3.63) is 64.4 Å². The molecule has 0 radical (unpaired) electrons. The van der Waals surface area contributed by atoms with Crippen molar-refractivity contribution in [3.63, 3.8) is 0 Å². The molecule has 3 rings (SSSR count). The van der Waals surface area contributed by atoms with Crippen LogP contribution in [0.5, 0.6) is 0 Å². The topological polar surface area (TPSA) is 101 Å². The van der Waals surface area contributed by atoms with Crippen LogP contribution in [0, 0.1) is 11.3 Å². The second-order valence-electron chi connectivity index (χ2n) is 6.76. The average Bonchev–Trinajstić information content (AvgIpc) is 3.20. The predicted molar refractivity (Wildman–Crippen MR) is 109 cm³/mol. The van der Waals surface area contributed by atoms with E-state index in [1.807, 2.05) is 6.07 Å². The number of rotatable bonds is 6. The number of carbonyl (C=O) groups excluding carboxylic acids is 3. The molecule has 0 aliphatic carbocycles. The molecule has 1 aliphatic heterocycles. The van der Waals surface area contributed by atoms with Crippen LogP contribution in [0.15, 0.2) is 57.5 Å². The van der Waals surface area contributed by atoms with Crippen molar-refractivity contribution in [2.45, 2.75) is 13.8 Å². The van der Waals surface area contributed by atoms with Crippen molar-refractivity contribution in [3.8, 4) is 17.4 Å². The average molecular weight is 404 g/mol. The Morgan fingerprint density at radius 2 is 1.87 bits per heavy atom. The van der Waals surface area contributed by atoms with E-state index in [1.165, 1.54) is 20.1 Å². The number of benzene rings is 1. The van der Waals surface area contributed by atoms with Gasteiger partial charge in [0.1, 0.15) is 23.2 Å². The van der Waals surface area contributed by atoms with Crippen molar-refractivity contribution >= 4 is 23.7 Å². The third kappa shape index (κ3) is 4.00. The molecule has 30 heavy (non-hydrogen) atoms. The van der Waals surface area contributed by atoms with E-state index >= 15 is 0 Å². The van der Waals surface area contributed by atoms with Gasteiger partial charge in [-0.25, -0.2) is 0 Å². The lowest BCUT2D eigenvalue weighted by Gasteiger charge is -2.26. The fraction of sp³-hybridized carbons (Fsp3) is 0.217. The molecule has 0 unspecified atom stereocenters. The summed E-state index contributed by atoms with van der Waals surface area (Å²) in [5, 5.41) is 9.39. The number of ketones is 1. The molecule has 0 saturated heterocycles. The zero-order valence-electron chi connectivity index (χ0n) is 16.9. The SMILES string of the molecule is COCCN1C(=O)C(C#N)=C(C)/C(=C/c2ccc(-c3ccc(C(C)=O)cc3)o2)C1=O. The van der Waals surface area contributed by atoms with Gasteiger partial charge in [0.15, 0.2) is 5.78 Å². The van der Waals surface area contributed by atoms with E-state index in [2.05, 4.69) is 0 Å². The molecule has 0 atom stereocenters. The maximum absolute atomic E-state index is 12.9. The van der Waals surface area contributed by atoms with Crippen LogP contribution in [-0.2, 0) is 14.3 Å². The van der Waals surface area contributed by atoms with Gasteiger partial charge >= 0.3 is 0 Å². The number of methoxy groups -OCH3 is 1. The van der Waals surface area contributed by atoms with E-state index in [-0.39, 0.29) is 30.1 Å². The molecule has 1 aromatic heterocycles. The van der Waals surface area contributed by atoms with Gasteiger partial charge in [0.2, 0.25) is 0 Å². The number of imide groups is 1. The molecule has 7 nitrogen and oxygen atoms in total. The number of Topliss-reactive ketones (excluding diaryl/α,β-unsaturated/α-hetero) is 1. The molecule has 2 aromatic rings. The van der Waals surface area contributed by atoms with Crippen LogP contribution in [0.2, 0.25) is 0 Å². The number of hydrogen-bond acceptors (Lipinski definition) is 6. The third-order valence-corrected chi connectivity index (χ3v) is 4.83. The van der Waals surface area contributed by atoms with Gasteiger partial charge < -0.3 is 9.15 Å². The molecular formula is C23H20N2O5. The Bertz CT molecular complexity index is 1110. The zero-order chi connectivity index (χ0) is 21.8. The first-order chi connectivity index (χ1) is 14.4. The summed E-state index contributed by atoms with van der Waals surface area (Å²) in [6.07, 6.45) is 1.52. The molecule has 1 aromatic carbocycles. The Hall–Kier alpha value is -3.76. The molecule has 2 amide bonds. The Morgan fingerprint density at radius 3 is 2.47 bits per heavy atom. The normalized spacial score (nSPS) is 15.7. The highest BCUT2D eigenvalue weighted by Crippen LogP contribution is 2.29. The summed E-state index contributed by atoms with van der Waals surface area (Å²) in [5.74, 6) is -0.182. The highest BCUT2D eigenvalue weighted by atomic mass is 16.5. The summed E-state index contributed by atoms with van der Waals surface area (Å²) in [6, 6.07) is 12.3. The largest absolute Gasteiger partial charge is 0.457 e. The van der Waals surface area contributed by atoms with Crippen molar-refractivity contribution in [2.24, 2.45) is 0 Å². The highest BCUT2D eigenvalue weighted by Gasteiger charge is 2.35. The van der Waals surface area contributed by atoms with E-state index in [1.54, 1.807) is 43.3 Å². The number of nitriles is 1. The maximum Gasteiger partial charge on any atom is 0.271 e. The van der Waals surface area contributed by atoms with Crippen LogP contribution in [0.1, 0.15) is 30.0 Å². The summed E-state index contributed by atoms with van der Waals surface area (Å²) in [4.78, 5) is 37.7. The predicted octanol–water partition coefficient (Wildman–Crippen LogP) is 3.39. The highest BCUT2D eigenvalue weighted by molar-refractivity contribution is 6.19. The number of ether oxygens (including phenoxy) is 1. The van der Waals surface area contributed by atoms with Crippen LogP contribution in [0.25, 0.3) is 17.4 Å². The van der Waals surface area contributed by atoms with E-state index in [0.717, 1.165) is 10.5 Å². The summed E-state index contributed by atoms with van der Waals surface area (Å²) < 4.78 is 10.8. The van der Waals surface area contributed by atoms with Crippen LogP contribution in [0.3, 0.4) is 0 Å². The summed E-state index contributed by atoms with van der Waals surface area (Å²) in [5.41, 5.74) is 1.83. The van der Waals surface area contributed by atoms with Crippen molar-refractivity contribution in [1.82, 2.24) is 4.90 Å². The molecule has 0 bridgehead atoms. The molecule has 0 N–H and O–H groups in total. The summed E-state index contributed by atoms with van der Waals surface area (Å²) in [7, 11) is 1.47. The van der Waals surface area contributed by atoms with Crippen molar-refractivity contribution in [1.29, 1.82) is 5.26 Å². The Morgan fingerprint density at radius 1 is 1.17 bits per heavy atom. The molecule has 7 heteroatoms. The lowest BCUT2D eigenvalue weighted by atomic mass is 9.95. The second-order valence-corrected chi connectivity index (χ2v) is 6.76. The summed E-state index contributed by atoms with van der Waals surface area (Å²) in [6.45, 7) is 3.29. The van der Waals surface area contributed by atoms with Gasteiger partial charge in [-0.05, 0) is 37.6 Å². The van der Waals surface area contributed by atoms with Crippen LogP contribution in [-0.4, -0.2) is 42.8 Å². The van der Waals surface area contributed by atoms with Gasteiger partial charge in [-0.1, -0.05) is 24.3 Å². The van der Waals surface area contributed by atoms with Gasteiger partial charge in [-0.2, -0.15) is 5.26 Å². The Labute approximate surface area is 173 Å². The molecular weight excluding hydrogens is 384 g/mol. The van der Waals surface area contributed by atoms with Crippen LogP contribution >= 0.6 is 0 Å². The van der Waals surface area contributed by atoms with E-state index < -0.39 is 11.8 Å². The molecule has 1 aliphatic rings. The fourth-order valence-electron chi connectivity index (χ4n) is 3.11. The Kier molecular flexibility index (Phi) is 6.09. The molecule has 0 spiro atoms. The smallest absolute Gasteiger partial charge is 0.271 e. The lowest BCUT2D eigenvalue weighted by molar-refractivity contribution is -0.141.